The van der Waals surface area contributed by atoms with Crippen molar-refractivity contribution in [2.75, 3.05) is 7.11 Å². The maximum Gasteiger partial charge on any atom is 0.270 e. The lowest BCUT2D eigenvalue weighted by Gasteiger charge is -2.14. The maximum atomic E-state index is 11.8. The summed E-state index contributed by atoms with van der Waals surface area (Å²) in [5.41, 5.74) is 2.02. The molecule has 0 amide bonds. The molecule has 0 saturated heterocycles. The number of aliphatic imine (C=N–C) groups is 1. The van der Waals surface area contributed by atoms with Gasteiger partial charge in [0.1, 0.15) is 5.75 Å². The molecule has 0 aliphatic heterocycles. The van der Waals surface area contributed by atoms with E-state index in [1.54, 1.807) is 7.11 Å². The molecule has 120 valence electrons. The quantitative estimate of drug-likeness (QED) is 0.482. The first kappa shape index (κ1) is 16.5. The van der Waals surface area contributed by atoms with E-state index in [0.717, 1.165) is 11.1 Å². The van der Waals surface area contributed by atoms with Crippen molar-refractivity contribution in [1.82, 2.24) is 0 Å². The molecular formula is C17H17N2O4-. The Morgan fingerprint density at radius 2 is 2.00 bits per heavy atom. The van der Waals surface area contributed by atoms with Crippen LogP contribution in [0, 0.1) is 17.0 Å². The molecule has 1 atom stereocenters. The summed E-state index contributed by atoms with van der Waals surface area (Å²) < 4.78 is 5.32. The molecule has 2 aromatic carbocycles. The normalized spacial score (nSPS) is 12.3. The Morgan fingerprint density at radius 3 is 2.65 bits per heavy atom. The molecule has 0 saturated carbocycles. The van der Waals surface area contributed by atoms with Crippen LogP contribution in [0.2, 0.25) is 0 Å². The van der Waals surface area contributed by atoms with E-state index in [9.17, 15) is 15.2 Å². The summed E-state index contributed by atoms with van der Waals surface area (Å²) in [6, 6.07) is 9.12. The summed E-state index contributed by atoms with van der Waals surface area (Å²) in [6.07, 6.45) is 1.38. The van der Waals surface area contributed by atoms with E-state index < -0.39 is 4.92 Å². The van der Waals surface area contributed by atoms with Crippen LogP contribution in [0.3, 0.4) is 0 Å². The minimum absolute atomic E-state index is 0.133. The van der Waals surface area contributed by atoms with Crippen molar-refractivity contribution in [1.29, 1.82) is 0 Å². The molecule has 6 heteroatoms. The van der Waals surface area contributed by atoms with Crippen LogP contribution in [0.1, 0.15) is 29.7 Å². The van der Waals surface area contributed by atoms with Crippen LogP contribution in [-0.2, 0) is 0 Å². The molecule has 0 spiro atoms. The molecule has 2 aromatic rings. The van der Waals surface area contributed by atoms with Gasteiger partial charge in [-0.25, -0.2) is 0 Å². The number of non-ortho nitro benzene ring substituents is 1. The van der Waals surface area contributed by atoms with Crippen LogP contribution in [0.5, 0.6) is 11.5 Å². The van der Waals surface area contributed by atoms with E-state index in [1.807, 2.05) is 32.0 Å². The van der Waals surface area contributed by atoms with Gasteiger partial charge in [0.2, 0.25) is 0 Å². The SMILES string of the molecule is COc1ccc(C)cc1[C@H](C)N=Cc1cc([N+](=O)[O-])ccc1[O-]. The summed E-state index contributed by atoms with van der Waals surface area (Å²) in [7, 11) is 1.58. The Balaban J connectivity index is 2.31. The van der Waals surface area contributed by atoms with E-state index in [-0.39, 0.29) is 23.0 Å². The number of nitro groups is 1. The van der Waals surface area contributed by atoms with Gasteiger partial charge in [-0.15, -0.1) is 0 Å². The minimum Gasteiger partial charge on any atom is -0.872 e. The van der Waals surface area contributed by atoms with Crippen LogP contribution >= 0.6 is 0 Å². The van der Waals surface area contributed by atoms with Crippen molar-refractivity contribution in [2.45, 2.75) is 19.9 Å². The van der Waals surface area contributed by atoms with Gasteiger partial charge in [0, 0.05) is 23.9 Å². The number of rotatable bonds is 5. The van der Waals surface area contributed by atoms with E-state index in [1.165, 1.54) is 24.4 Å². The molecule has 0 aliphatic rings. The van der Waals surface area contributed by atoms with E-state index >= 15 is 0 Å². The first-order chi connectivity index (χ1) is 10.9. The summed E-state index contributed by atoms with van der Waals surface area (Å²) in [6.45, 7) is 3.84. The number of nitrogens with zero attached hydrogens (tertiary/aromatic N) is 2. The van der Waals surface area contributed by atoms with Crippen molar-refractivity contribution in [3.8, 4) is 11.5 Å². The van der Waals surface area contributed by atoms with Crippen molar-refractivity contribution >= 4 is 11.9 Å². The standard InChI is InChI=1S/C17H18N2O4/c1-11-4-7-17(23-3)15(8-11)12(2)18-10-13-9-14(19(21)22)5-6-16(13)20/h4-10,12,20H,1-3H3/p-1/t12-/m0/s1. The van der Waals surface area contributed by atoms with Gasteiger partial charge < -0.3 is 9.84 Å². The molecule has 0 aliphatic carbocycles. The third-order valence-corrected chi connectivity index (χ3v) is 3.48. The van der Waals surface area contributed by atoms with Crippen molar-refractivity contribution in [3.63, 3.8) is 0 Å². The average molecular weight is 313 g/mol. The van der Waals surface area contributed by atoms with Crippen LogP contribution in [0.4, 0.5) is 5.69 Å². The smallest absolute Gasteiger partial charge is 0.270 e. The minimum atomic E-state index is -0.538. The zero-order valence-electron chi connectivity index (χ0n) is 13.1. The van der Waals surface area contributed by atoms with Crippen molar-refractivity contribution in [3.05, 3.63) is 63.2 Å². The molecule has 6 nitrogen and oxygen atoms in total. The number of ether oxygens (including phenoxy) is 1. The number of aryl methyl sites for hydroxylation is 1. The Kier molecular flexibility index (Phi) is 4.95. The summed E-state index contributed by atoms with van der Waals surface area (Å²) in [5, 5.41) is 22.6. The molecule has 0 unspecified atom stereocenters. The highest BCUT2D eigenvalue weighted by atomic mass is 16.6. The lowest BCUT2D eigenvalue weighted by atomic mass is 10.0. The zero-order valence-corrected chi connectivity index (χ0v) is 13.1. The molecule has 23 heavy (non-hydrogen) atoms. The lowest BCUT2D eigenvalue weighted by Crippen LogP contribution is -2.00. The molecule has 0 radical (unpaired) electrons. The van der Waals surface area contributed by atoms with Gasteiger partial charge in [-0.05, 0) is 25.5 Å². The fourth-order valence-electron chi connectivity index (χ4n) is 2.20. The molecule has 0 aromatic heterocycles. The Labute approximate surface area is 134 Å². The van der Waals surface area contributed by atoms with Gasteiger partial charge >= 0.3 is 0 Å². The highest BCUT2D eigenvalue weighted by molar-refractivity contribution is 5.84. The molecule has 0 bridgehead atoms. The summed E-state index contributed by atoms with van der Waals surface area (Å²) >= 11 is 0. The van der Waals surface area contributed by atoms with Gasteiger partial charge in [0.25, 0.3) is 5.69 Å². The number of nitro benzene ring substituents is 1. The molecular weight excluding hydrogens is 296 g/mol. The fraction of sp³-hybridized carbons (Fsp3) is 0.235. The van der Waals surface area contributed by atoms with E-state index in [4.69, 9.17) is 4.74 Å². The first-order valence-corrected chi connectivity index (χ1v) is 7.05. The largest absolute Gasteiger partial charge is 0.872 e. The number of benzene rings is 2. The monoisotopic (exact) mass is 313 g/mol. The molecule has 2 rings (SSSR count). The Morgan fingerprint density at radius 1 is 1.26 bits per heavy atom. The molecule has 0 fully saturated rings. The van der Waals surface area contributed by atoms with Crippen LogP contribution in [0.15, 0.2) is 41.4 Å². The van der Waals surface area contributed by atoms with Gasteiger partial charge in [-0.2, -0.15) is 0 Å². The van der Waals surface area contributed by atoms with Crippen molar-refractivity contribution in [2.24, 2.45) is 4.99 Å². The van der Waals surface area contributed by atoms with Crippen LogP contribution < -0.4 is 9.84 Å². The third-order valence-electron chi connectivity index (χ3n) is 3.48. The third kappa shape index (κ3) is 3.85. The number of hydrogen-bond donors (Lipinski definition) is 0. The van der Waals surface area contributed by atoms with E-state index in [2.05, 4.69) is 4.99 Å². The van der Waals surface area contributed by atoms with Gasteiger partial charge in [-0.3, -0.25) is 15.1 Å². The first-order valence-electron chi connectivity index (χ1n) is 7.05. The second kappa shape index (κ2) is 6.91. The fourth-order valence-corrected chi connectivity index (χ4v) is 2.20. The van der Waals surface area contributed by atoms with Crippen molar-refractivity contribution < 1.29 is 14.8 Å². The van der Waals surface area contributed by atoms with Gasteiger partial charge in [-0.1, -0.05) is 29.5 Å². The predicted octanol–water partition coefficient (Wildman–Crippen LogP) is 3.17. The zero-order chi connectivity index (χ0) is 17.0. The lowest BCUT2D eigenvalue weighted by molar-refractivity contribution is -0.385. The summed E-state index contributed by atoms with van der Waals surface area (Å²) in [5.74, 6) is 0.407. The highest BCUT2D eigenvalue weighted by Gasteiger charge is 2.11. The van der Waals surface area contributed by atoms with E-state index in [0.29, 0.717) is 5.75 Å². The Bertz CT molecular complexity index is 756. The number of methoxy groups -OCH3 is 1. The highest BCUT2D eigenvalue weighted by Crippen LogP contribution is 2.29. The van der Waals surface area contributed by atoms with Gasteiger partial charge in [0.15, 0.2) is 0 Å². The second-order valence-electron chi connectivity index (χ2n) is 5.18. The topological polar surface area (TPSA) is 87.8 Å². The number of hydrogen-bond acceptors (Lipinski definition) is 5. The summed E-state index contributed by atoms with van der Waals surface area (Å²) in [4.78, 5) is 14.6. The Hall–Kier alpha value is -2.89. The van der Waals surface area contributed by atoms with Crippen LogP contribution in [-0.4, -0.2) is 18.2 Å². The maximum absolute atomic E-state index is 11.8. The molecule has 0 N–H and O–H groups in total. The average Bonchev–Trinajstić information content (AvgIpc) is 2.53. The second-order valence-corrected chi connectivity index (χ2v) is 5.18. The van der Waals surface area contributed by atoms with Crippen LogP contribution in [0.25, 0.3) is 0 Å². The predicted molar refractivity (Wildman–Crippen MR) is 86.3 cm³/mol. The van der Waals surface area contributed by atoms with Gasteiger partial charge in [0.05, 0.1) is 18.1 Å². The molecule has 0 heterocycles.